The van der Waals surface area contributed by atoms with Crippen molar-refractivity contribution >= 4 is 23.9 Å². The molecule has 0 spiro atoms. The summed E-state index contributed by atoms with van der Waals surface area (Å²) in [4.78, 5) is 42.7. The Morgan fingerprint density at radius 1 is 0.679 bits per heavy atom. The number of carbonyl (C=O) groups excluding carboxylic acids is 2. The zero-order chi connectivity index (χ0) is 21.4. The first-order valence-corrected chi connectivity index (χ1v) is 9.19. The minimum atomic E-state index is -0.784. The van der Waals surface area contributed by atoms with E-state index < -0.39 is 23.9 Å². The van der Waals surface area contributed by atoms with Crippen molar-refractivity contribution in [3.05, 3.63) is 35.4 Å². The van der Waals surface area contributed by atoms with Gasteiger partial charge < -0.3 is 19.7 Å². The van der Waals surface area contributed by atoms with E-state index in [0.29, 0.717) is 37.2 Å². The van der Waals surface area contributed by atoms with Crippen LogP contribution in [0.1, 0.15) is 73.1 Å². The van der Waals surface area contributed by atoms with Gasteiger partial charge in [0.15, 0.2) is 0 Å². The number of unbranched alkanes of at least 4 members (excludes halogenated alkanes) is 3. The minimum absolute atomic E-state index is 0.188. The van der Waals surface area contributed by atoms with E-state index in [0.717, 1.165) is 12.8 Å². The third-order valence-corrected chi connectivity index (χ3v) is 3.44. The van der Waals surface area contributed by atoms with Crippen LogP contribution in [0.15, 0.2) is 24.3 Å². The highest BCUT2D eigenvalue weighted by atomic mass is 16.5. The molecule has 1 rings (SSSR count). The molecule has 28 heavy (non-hydrogen) atoms. The van der Waals surface area contributed by atoms with Crippen molar-refractivity contribution < 1.29 is 38.9 Å². The summed E-state index contributed by atoms with van der Waals surface area (Å²) in [5.74, 6) is -2.35. The molecule has 1 aromatic rings. The molecule has 156 valence electrons. The van der Waals surface area contributed by atoms with E-state index in [2.05, 4.69) is 0 Å². The average Bonchev–Trinajstić information content (AvgIpc) is 2.65. The molecule has 0 aliphatic heterocycles. The molecule has 0 saturated carbocycles. The topological polar surface area (TPSA) is 127 Å². The first-order chi connectivity index (χ1) is 13.3. The predicted molar refractivity (Wildman–Crippen MR) is 101 cm³/mol. The van der Waals surface area contributed by atoms with Gasteiger partial charge in [-0.05, 0) is 51.0 Å². The van der Waals surface area contributed by atoms with Gasteiger partial charge in [-0.25, -0.2) is 9.59 Å². The SMILES string of the molecule is CCOC(=O)c1ccc(C(=O)OCC)cc1.O=C(O)CCCCCCC(=O)O. The highest BCUT2D eigenvalue weighted by Gasteiger charge is 2.09. The van der Waals surface area contributed by atoms with E-state index >= 15 is 0 Å². The van der Waals surface area contributed by atoms with Crippen molar-refractivity contribution in [2.24, 2.45) is 0 Å². The van der Waals surface area contributed by atoms with Crippen molar-refractivity contribution in [3.8, 4) is 0 Å². The molecular weight excluding hydrogens is 368 g/mol. The van der Waals surface area contributed by atoms with Crippen LogP contribution in [0, 0.1) is 0 Å². The summed E-state index contributed by atoms with van der Waals surface area (Å²) in [6.07, 6.45) is 3.28. The van der Waals surface area contributed by atoms with Gasteiger partial charge in [0.25, 0.3) is 0 Å². The quantitative estimate of drug-likeness (QED) is 0.429. The van der Waals surface area contributed by atoms with Gasteiger partial charge in [0.2, 0.25) is 0 Å². The van der Waals surface area contributed by atoms with E-state index in [1.807, 2.05) is 0 Å². The average molecular weight is 396 g/mol. The van der Waals surface area contributed by atoms with E-state index in [-0.39, 0.29) is 12.8 Å². The second kappa shape index (κ2) is 15.2. The number of ether oxygens (including phenoxy) is 2. The Balaban J connectivity index is 0.000000546. The van der Waals surface area contributed by atoms with Crippen LogP contribution < -0.4 is 0 Å². The second-order valence-corrected chi connectivity index (χ2v) is 5.72. The molecule has 0 aromatic heterocycles. The van der Waals surface area contributed by atoms with E-state index in [1.165, 1.54) is 0 Å². The predicted octanol–water partition coefficient (Wildman–Crippen LogP) is 3.54. The van der Waals surface area contributed by atoms with Crippen LogP contribution in [0.25, 0.3) is 0 Å². The Bertz CT molecular complexity index is 567. The van der Waals surface area contributed by atoms with Crippen molar-refractivity contribution in [2.75, 3.05) is 13.2 Å². The Morgan fingerprint density at radius 2 is 1.00 bits per heavy atom. The molecular formula is C20H28O8. The molecule has 1 aromatic carbocycles. The largest absolute Gasteiger partial charge is 0.481 e. The van der Waals surface area contributed by atoms with Crippen LogP contribution >= 0.6 is 0 Å². The maximum atomic E-state index is 11.3. The van der Waals surface area contributed by atoms with Gasteiger partial charge in [0.1, 0.15) is 0 Å². The minimum Gasteiger partial charge on any atom is -0.481 e. The van der Waals surface area contributed by atoms with Gasteiger partial charge in [0.05, 0.1) is 24.3 Å². The van der Waals surface area contributed by atoms with E-state index in [9.17, 15) is 19.2 Å². The molecule has 0 atom stereocenters. The monoisotopic (exact) mass is 396 g/mol. The summed E-state index contributed by atoms with van der Waals surface area (Å²) >= 11 is 0. The molecule has 0 saturated heterocycles. The summed E-state index contributed by atoms with van der Waals surface area (Å²) in [6, 6.07) is 6.18. The molecule has 0 fully saturated rings. The zero-order valence-corrected chi connectivity index (χ0v) is 16.3. The fourth-order valence-electron chi connectivity index (χ4n) is 2.08. The lowest BCUT2D eigenvalue weighted by atomic mass is 10.1. The molecule has 0 radical (unpaired) electrons. The van der Waals surface area contributed by atoms with Gasteiger partial charge in [-0.3, -0.25) is 9.59 Å². The van der Waals surface area contributed by atoms with Crippen LogP contribution in [0.5, 0.6) is 0 Å². The van der Waals surface area contributed by atoms with Gasteiger partial charge in [0, 0.05) is 12.8 Å². The molecule has 0 amide bonds. The normalized spacial score (nSPS) is 9.64. The lowest BCUT2D eigenvalue weighted by Gasteiger charge is -2.03. The number of carboxylic acid groups (broad SMARTS) is 2. The Morgan fingerprint density at radius 3 is 1.25 bits per heavy atom. The number of benzene rings is 1. The van der Waals surface area contributed by atoms with Gasteiger partial charge in [-0.15, -0.1) is 0 Å². The maximum Gasteiger partial charge on any atom is 0.338 e. The highest BCUT2D eigenvalue weighted by molar-refractivity contribution is 5.93. The summed E-state index contributed by atoms with van der Waals surface area (Å²) in [6.45, 7) is 4.15. The lowest BCUT2D eigenvalue weighted by molar-refractivity contribution is -0.138. The van der Waals surface area contributed by atoms with Crippen molar-refractivity contribution in [2.45, 2.75) is 52.4 Å². The van der Waals surface area contributed by atoms with E-state index in [4.69, 9.17) is 19.7 Å². The molecule has 8 nitrogen and oxygen atoms in total. The number of carboxylic acids is 2. The molecule has 2 N–H and O–H groups in total. The Hall–Kier alpha value is -2.90. The maximum absolute atomic E-state index is 11.3. The van der Waals surface area contributed by atoms with Crippen molar-refractivity contribution in [3.63, 3.8) is 0 Å². The number of carbonyl (C=O) groups is 4. The smallest absolute Gasteiger partial charge is 0.338 e. The van der Waals surface area contributed by atoms with Crippen LogP contribution in [-0.2, 0) is 19.1 Å². The van der Waals surface area contributed by atoms with Gasteiger partial charge in [-0.2, -0.15) is 0 Å². The van der Waals surface area contributed by atoms with Gasteiger partial charge >= 0.3 is 23.9 Å². The molecule has 0 aliphatic carbocycles. The molecule has 0 unspecified atom stereocenters. The van der Waals surface area contributed by atoms with Crippen LogP contribution in [0.3, 0.4) is 0 Å². The second-order valence-electron chi connectivity index (χ2n) is 5.72. The third-order valence-electron chi connectivity index (χ3n) is 3.44. The number of aliphatic carboxylic acids is 2. The van der Waals surface area contributed by atoms with Crippen LogP contribution in [0.2, 0.25) is 0 Å². The van der Waals surface area contributed by atoms with Gasteiger partial charge in [-0.1, -0.05) is 12.8 Å². The van der Waals surface area contributed by atoms with E-state index in [1.54, 1.807) is 38.1 Å². The number of hydrogen-bond acceptors (Lipinski definition) is 6. The zero-order valence-electron chi connectivity index (χ0n) is 16.3. The van der Waals surface area contributed by atoms with Crippen molar-refractivity contribution in [1.29, 1.82) is 0 Å². The third kappa shape index (κ3) is 12.5. The first-order valence-electron chi connectivity index (χ1n) is 9.19. The van der Waals surface area contributed by atoms with Crippen molar-refractivity contribution in [1.82, 2.24) is 0 Å². The lowest BCUT2D eigenvalue weighted by Crippen LogP contribution is -2.07. The summed E-state index contributed by atoms with van der Waals surface area (Å²) in [7, 11) is 0. The number of rotatable bonds is 11. The standard InChI is InChI=1S/C12H14O4.C8H14O4/c1-3-15-11(13)9-5-7-10(8-6-9)12(14)16-4-2;9-7(10)5-3-1-2-4-6-8(11)12/h5-8H,3-4H2,1-2H3;1-6H2,(H,9,10)(H,11,12). The number of hydrogen-bond donors (Lipinski definition) is 2. The fourth-order valence-corrected chi connectivity index (χ4v) is 2.08. The highest BCUT2D eigenvalue weighted by Crippen LogP contribution is 2.07. The summed E-state index contributed by atoms with van der Waals surface area (Å²) < 4.78 is 9.64. The Kier molecular flexibility index (Phi) is 13.6. The molecule has 0 heterocycles. The molecule has 8 heteroatoms. The fraction of sp³-hybridized carbons (Fsp3) is 0.500. The summed E-state index contributed by atoms with van der Waals surface area (Å²) in [5.41, 5.74) is 0.852. The number of esters is 2. The molecule has 0 bridgehead atoms. The Labute approximate surface area is 164 Å². The van der Waals surface area contributed by atoms with Crippen LogP contribution in [0.4, 0.5) is 0 Å². The molecule has 0 aliphatic rings. The summed E-state index contributed by atoms with van der Waals surface area (Å²) in [5, 5.41) is 16.5. The van der Waals surface area contributed by atoms with Crippen LogP contribution in [-0.4, -0.2) is 47.3 Å². The first kappa shape index (κ1) is 25.1.